The monoisotopic (exact) mass is 369 g/mol. The summed E-state index contributed by atoms with van der Waals surface area (Å²) in [6.07, 6.45) is 1.40. The van der Waals surface area contributed by atoms with Gasteiger partial charge >= 0.3 is 11.9 Å². The quantitative estimate of drug-likeness (QED) is 0.664. The highest BCUT2D eigenvalue weighted by Crippen LogP contribution is 2.14. The summed E-state index contributed by atoms with van der Waals surface area (Å²) >= 11 is 0. The van der Waals surface area contributed by atoms with Crippen molar-refractivity contribution in [2.24, 2.45) is 0 Å². The van der Waals surface area contributed by atoms with E-state index in [-0.39, 0.29) is 18.1 Å². The summed E-state index contributed by atoms with van der Waals surface area (Å²) in [4.78, 5) is 35.3. The summed E-state index contributed by atoms with van der Waals surface area (Å²) < 4.78 is 19.9. The Morgan fingerprint density at radius 3 is 2.41 bits per heavy atom. The van der Waals surface area contributed by atoms with Crippen molar-refractivity contribution < 1.29 is 32.7 Å². The fraction of sp³-hybridized carbons (Fsp3) is 0.105. The molecule has 3 rings (SSSR count). The van der Waals surface area contributed by atoms with Crippen LogP contribution in [0.25, 0.3) is 0 Å². The van der Waals surface area contributed by atoms with E-state index in [1.807, 2.05) is 0 Å². The number of esters is 2. The van der Waals surface area contributed by atoms with E-state index in [0.29, 0.717) is 17.0 Å². The first-order chi connectivity index (χ1) is 13.1. The Bertz CT molecular complexity index is 939. The number of anilines is 1. The molecule has 2 heterocycles. The molecule has 0 spiro atoms. The highest BCUT2D eigenvalue weighted by molar-refractivity contribution is 6.02. The fourth-order valence-electron chi connectivity index (χ4n) is 2.18. The van der Waals surface area contributed by atoms with Crippen molar-refractivity contribution in [1.82, 2.24) is 0 Å². The molecule has 0 saturated heterocycles. The number of nitrogens with one attached hydrogen (secondary N) is 1. The van der Waals surface area contributed by atoms with Crippen molar-refractivity contribution in [1.29, 1.82) is 0 Å². The molecule has 0 radical (unpaired) electrons. The second-order valence-corrected chi connectivity index (χ2v) is 5.34. The van der Waals surface area contributed by atoms with E-state index >= 15 is 0 Å². The van der Waals surface area contributed by atoms with E-state index in [1.165, 1.54) is 37.6 Å². The highest BCUT2D eigenvalue weighted by Gasteiger charge is 2.14. The Labute approximate surface area is 153 Å². The molecule has 1 amide bonds. The third kappa shape index (κ3) is 4.43. The van der Waals surface area contributed by atoms with E-state index in [4.69, 9.17) is 13.6 Å². The molecule has 3 aromatic rings. The number of furan rings is 2. The molecule has 2 aromatic heterocycles. The van der Waals surface area contributed by atoms with Crippen molar-refractivity contribution in [2.45, 2.75) is 6.61 Å². The Balaban J connectivity index is 1.55. The molecule has 138 valence electrons. The summed E-state index contributed by atoms with van der Waals surface area (Å²) in [5, 5.41) is 2.64. The maximum Gasteiger partial charge on any atom is 0.373 e. The van der Waals surface area contributed by atoms with Crippen LogP contribution in [0.3, 0.4) is 0 Å². The fourth-order valence-corrected chi connectivity index (χ4v) is 2.18. The molecule has 1 aromatic carbocycles. The molecular formula is C19H15NO7. The maximum absolute atomic E-state index is 12.1. The van der Waals surface area contributed by atoms with Crippen LogP contribution in [0.1, 0.15) is 37.2 Å². The van der Waals surface area contributed by atoms with Gasteiger partial charge in [0.1, 0.15) is 12.4 Å². The molecular weight excluding hydrogens is 354 g/mol. The molecule has 0 saturated carbocycles. The number of methoxy groups -OCH3 is 1. The van der Waals surface area contributed by atoms with E-state index in [2.05, 4.69) is 10.1 Å². The summed E-state index contributed by atoms with van der Waals surface area (Å²) in [6, 6.07) is 12.3. The number of ether oxygens (including phenoxy) is 2. The van der Waals surface area contributed by atoms with Gasteiger partial charge in [-0.15, -0.1) is 0 Å². The first kappa shape index (κ1) is 18.0. The van der Waals surface area contributed by atoms with Crippen molar-refractivity contribution >= 4 is 23.5 Å². The van der Waals surface area contributed by atoms with Crippen molar-refractivity contribution in [2.75, 3.05) is 12.4 Å². The minimum Gasteiger partial charge on any atom is -0.463 e. The van der Waals surface area contributed by atoms with E-state index in [9.17, 15) is 14.4 Å². The van der Waals surface area contributed by atoms with Gasteiger partial charge in [0.2, 0.25) is 5.76 Å². The number of rotatable bonds is 6. The lowest BCUT2D eigenvalue weighted by Crippen LogP contribution is -2.11. The average molecular weight is 369 g/mol. The molecule has 0 unspecified atom stereocenters. The Hall–Kier alpha value is -3.81. The lowest BCUT2D eigenvalue weighted by Gasteiger charge is -2.06. The van der Waals surface area contributed by atoms with Crippen LogP contribution in [0.2, 0.25) is 0 Å². The second-order valence-electron chi connectivity index (χ2n) is 5.34. The van der Waals surface area contributed by atoms with Gasteiger partial charge in [-0.25, -0.2) is 9.59 Å². The van der Waals surface area contributed by atoms with Gasteiger partial charge in [-0.1, -0.05) is 0 Å². The molecule has 0 aliphatic rings. The number of hydrogen-bond acceptors (Lipinski definition) is 7. The van der Waals surface area contributed by atoms with Crippen molar-refractivity contribution in [3.05, 3.63) is 77.6 Å². The zero-order valence-corrected chi connectivity index (χ0v) is 14.3. The largest absolute Gasteiger partial charge is 0.463 e. The molecule has 27 heavy (non-hydrogen) atoms. The number of amides is 1. The van der Waals surface area contributed by atoms with Gasteiger partial charge in [-0.2, -0.15) is 0 Å². The number of benzene rings is 1. The minimum absolute atomic E-state index is 0.0280. The van der Waals surface area contributed by atoms with Crippen LogP contribution in [-0.2, 0) is 16.1 Å². The van der Waals surface area contributed by atoms with E-state index < -0.39 is 17.8 Å². The summed E-state index contributed by atoms with van der Waals surface area (Å²) in [5.74, 6) is -1.06. The van der Waals surface area contributed by atoms with Crippen LogP contribution in [0.5, 0.6) is 0 Å². The average Bonchev–Trinajstić information content (AvgIpc) is 3.38. The third-order valence-electron chi connectivity index (χ3n) is 3.52. The van der Waals surface area contributed by atoms with Crippen LogP contribution < -0.4 is 5.32 Å². The van der Waals surface area contributed by atoms with Gasteiger partial charge in [0.05, 0.1) is 18.9 Å². The van der Waals surface area contributed by atoms with Crippen LogP contribution in [-0.4, -0.2) is 25.0 Å². The van der Waals surface area contributed by atoms with Gasteiger partial charge < -0.3 is 23.6 Å². The zero-order valence-electron chi connectivity index (χ0n) is 14.3. The summed E-state index contributed by atoms with van der Waals surface area (Å²) in [5.41, 5.74) is 0.799. The second kappa shape index (κ2) is 8.05. The molecule has 0 bridgehead atoms. The molecule has 0 aliphatic heterocycles. The zero-order chi connectivity index (χ0) is 19.2. The predicted octanol–water partition coefficient (Wildman–Crippen LogP) is 3.27. The van der Waals surface area contributed by atoms with Crippen molar-refractivity contribution in [3.63, 3.8) is 0 Å². The van der Waals surface area contributed by atoms with Gasteiger partial charge in [-0.3, -0.25) is 4.79 Å². The molecule has 8 nitrogen and oxygen atoms in total. The third-order valence-corrected chi connectivity index (χ3v) is 3.52. The molecule has 8 heteroatoms. The number of hydrogen-bond donors (Lipinski definition) is 1. The first-order valence-electron chi connectivity index (χ1n) is 7.86. The van der Waals surface area contributed by atoms with Crippen LogP contribution in [0.4, 0.5) is 5.69 Å². The van der Waals surface area contributed by atoms with Crippen LogP contribution in [0.15, 0.2) is 63.6 Å². The molecule has 0 aliphatic carbocycles. The molecule has 1 N–H and O–H groups in total. The van der Waals surface area contributed by atoms with Gasteiger partial charge in [0.25, 0.3) is 5.91 Å². The normalized spacial score (nSPS) is 10.3. The standard InChI is InChI=1S/C19H15NO7/c1-24-19(23)16-9-8-14(27-16)11-26-18(22)12-4-6-13(7-5-12)20-17(21)15-3-2-10-25-15/h2-10H,11H2,1H3,(H,20,21). The SMILES string of the molecule is COC(=O)c1ccc(COC(=O)c2ccc(NC(=O)c3ccco3)cc2)o1. The lowest BCUT2D eigenvalue weighted by atomic mass is 10.2. The van der Waals surface area contributed by atoms with Gasteiger partial charge in [0, 0.05) is 5.69 Å². The predicted molar refractivity (Wildman–Crippen MR) is 92.3 cm³/mol. The van der Waals surface area contributed by atoms with Crippen LogP contribution >= 0.6 is 0 Å². The topological polar surface area (TPSA) is 108 Å². The Kier molecular flexibility index (Phi) is 5.36. The number of carbonyl (C=O) groups is 3. The molecule has 0 atom stereocenters. The Morgan fingerprint density at radius 1 is 0.963 bits per heavy atom. The van der Waals surface area contributed by atoms with E-state index in [0.717, 1.165) is 0 Å². The minimum atomic E-state index is -0.611. The highest BCUT2D eigenvalue weighted by atomic mass is 16.5. The van der Waals surface area contributed by atoms with Crippen molar-refractivity contribution in [3.8, 4) is 0 Å². The van der Waals surface area contributed by atoms with Gasteiger partial charge in [0.15, 0.2) is 5.76 Å². The number of carbonyl (C=O) groups excluding carboxylic acids is 3. The van der Waals surface area contributed by atoms with Crippen LogP contribution in [0, 0.1) is 0 Å². The maximum atomic E-state index is 12.1. The Morgan fingerprint density at radius 2 is 1.74 bits per heavy atom. The first-order valence-corrected chi connectivity index (χ1v) is 7.86. The molecule has 0 fully saturated rings. The summed E-state index contributed by atoms with van der Waals surface area (Å²) in [7, 11) is 1.24. The smallest absolute Gasteiger partial charge is 0.373 e. The van der Waals surface area contributed by atoms with E-state index in [1.54, 1.807) is 24.3 Å². The van der Waals surface area contributed by atoms with Gasteiger partial charge in [-0.05, 0) is 48.5 Å². The lowest BCUT2D eigenvalue weighted by molar-refractivity contribution is 0.0438. The summed E-state index contributed by atoms with van der Waals surface area (Å²) in [6.45, 7) is -0.132.